The molecule has 0 saturated carbocycles. The van der Waals surface area contributed by atoms with E-state index < -0.39 is 5.82 Å². The van der Waals surface area contributed by atoms with Gasteiger partial charge in [0.1, 0.15) is 5.82 Å². The van der Waals surface area contributed by atoms with Crippen LogP contribution in [-0.2, 0) is 0 Å². The number of rotatable bonds is 2. The molecule has 8 heteroatoms. The van der Waals surface area contributed by atoms with Crippen molar-refractivity contribution >= 4 is 69.6 Å². The molecule has 0 radical (unpaired) electrons. The fourth-order valence-corrected chi connectivity index (χ4v) is 3.79. The van der Waals surface area contributed by atoms with Crippen LogP contribution in [0.1, 0.15) is 0 Å². The van der Waals surface area contributed by atoms with E-state index in [2.05, 4.69) is 4.98 Å². The second kappa shape index (κ2) is 7.48. The fourth-order valence-electron chi connectivity index (χ4n) is 2.35. The van der Waals surface area contributed by atoms with Gasteiger partial charge < -0.3 is 0 Å². The minimum Gasteiger partial charge on any atom is -0.252 e. The van der Waals surface area contributed by atoms with E-state index in [4.69, 9.17) is 69.6 Å². The molecule has 2 aromatic carbocycles. The minimum absolute atomic E-state index is 0.164. The number of pyridine rings is 1. The summed E-state index contributed by atoms with van der Waals surface area (Å²) in [6, 6.07) is 7.46. The van der Waals surface area contributed by atoms with Crippen LogP contribution in [0.4, 0.5) is 4.39 Å². The molecule has 0 amide bonds. The minimum atomic E-state index is -0.583. The van der Waals surface area contributed by atoms with Crippen LogP contribution in [0.5, 0.6) is 0 Å². The predicted octanol–water partition coefficient (Wildman–Crippen LogP) is 8.48. The van der Waals surface area contributed by atoms with Crippen LogP contribution in [0.3, 0.4) is 0 Å². The zero-order valence-corrected chi connectivity index (χ0v) is 16.6. The van der Waals surface area contributed by atoms with E-state index in [0.717, 1.165) is 6.20 Å². The SMILES string of the molecule is Fc1cnc(-c2c(Cl)ccc(Cl)c2Cl)c(-c2c(Cl)ccc(Cl)c2Cl)c1. The molecule has 0 atom stereocenters. The van der Waals surface area contributed by atoms with E-state index in [1.165, 1.54) is 6.07 Å². The maximum absolute atomic E-state index is 13.9. The van der Waals surface area contributed by atoms with Gasteiger partial charge in [-0.1, -0.05) is 69.6 Å². The van der Waals surface area contributed by atoms with E-state index in [1.807, 2.05) is 0 Å². The molecule has 0 aliphatic carbocycles. The van der Waals surface area contributed by atoms with Gasteiger partial charge >= 0.3 is 0 Å². The van der Waals surface area contributed by atoms with Crippen molar-refractivity contribution in [1.82, 2.24) is 4.98 Å². The third-order valence-electron chi connectivity index (χ3n) is 3.45. The van der Waals surface area contributed by atoms with E-state index in [1.54, 1.807) is 24.3 Å². The first-order valence-electron chi connectivity index (χ1n) is 6.74. The second-order valence-corrected chi connectivity index (χ2v) is 7.37. The lowest BCUT2D eigenvalue weighted by molar-refractivity contribution is 0.622. The van der Waals surface area contributed by atoms with Gasteiger partial charge in [-0.2, -0.15) is 0 Å². The van der Waals surface area contributed by atoms with Crippen molar-refractivity contribution in [2.75, 3.05) is 0 Å². The van der Waals surface area contributed by atoms with Gasteiger partial charge in [0.05, 0.1) is 42.0 Å². The number of benzene rings is 2. The van der Waals surface area contributed by atoms with E-state index in [9.17, 15) is 4.39 Å². The van der Waals surface area contributed by atoms with Gasteiger partial charge in [-0.25, -0.2) is 4.39 Å². The summed E-state index contributed by atoms with van der Waals surface area (Å²) in [6.45, 7) is 0. The third kappa shape index (κ3) is 3.57. The monoisotopic (exact) mass is 453 g/mol. The topological polar surface area (TPSA) is 12.9 Å². The van der Waals surface area contributed by atoms with Crippen LogP contribution in [0, 0.1) is 5.82 Å². The summed E-state index contributed by atoms with van der Waals surface area (Å²) in [6.07, 6.45) is 1.04. The second-order valence-electron chi connectivity index (χ2n) is 4.99. The van der Waals surface area contributed by atoms with Crippen LogP contribution in [0.15, 0.2) is 36.5 Å². The molecule has 25 heavy (non-hydrogen) atoms. The van der Waals surface area contributed by atoms with E-state index in [0.29, 0.717) is 21.7 Å². The molecule has 128 valence electrons. The lowest BCUT2D eigenvalue weighted by Crippen LogP contribution is -1.95. The standard InChI is InChI=1S/C17H6Cl6FN/c18-9-1-3-11(20)15(22)13(9)8-5-7(24)6-25-17(8)14-10(19)2-4-12(21)16(14)23/h1-6H. The predicted molar refractivity (Wildman–Crippen MR) is 105 cm³/mol. The molecule has 3 rings (SSSR count). The van der Waals surface area contributed by atoms with Crippen molar-refractivity contribution in [3.05, 3.63) is 72.5 Å². The Bertz CT molecular complexity index is 989. The average molecular weight is 456 g/mol. The highest BCUT2D eigenvalue weighted by atomic mass is 35.5. The molecule has 1 heterocycles. The normalized spacial score (nSPS) is 11.0. The molecule has 0 saturated heterocycles. The number of aromatic nitrogens is 1. The summed E-state index contributed by atoms with van der Waals surface area (Å²) in [5.41, 5.74) is 1.25. The van der Waals surface area contributed by atoms with Crippen molar-refractivity contribution in [2.45, 2.75) is 0 Å². The third-order valence-corrected chi connectivity index (χ3v) is 5.69. The Balaban J connectivity index is 2.41. The molecule has 0 spiro atoms. The molecule has 3 aromatic rings. The Morgan fingerprint density at radius 2 is 1.16 bits per heavy atom. The van der Waals surface area contributed by atoms with Gasteiger partial charge in [-0.05, 0) is 30.3 Å². The zero-order chi connectivity index (χ0) is 18.3. The van der Waals surface area contributed by atoms with Gasteiger partial charge in [0.25, 0.3) is 0 Å². The molecule has 0 N–H and O–H groups in total. The summed E-state index contributed by atoms with van der Waals surface area (Å²) in [4.78, 5) is 4.14. The maximum atomic E-state index is 13.9. The van der Waals surface area contributed by atoms with Crippen molar-refractivity contribution in [3.8, 4) is 22.4 Å². The molecule has 1 aromatic heterocycles. The molecular formula is C17H6Cl6FN. The maximum Gasteiger partial charge on any atom is 0.142 e. The van der Waals surface area contributed by atoms with Gasteiger partial charge in [0.15, 0.2) is 0 Å². The summed E-state index contributed by atoms with van der Waals surface area (Å²) in [5, 5.41) is 1.46. The smallest absolute Gasteiger partial charge is 0.142 e. The molecular weight excluding hydrogens is 450 g/mol. The van der Waals surface area contributed by atoms with Crippen LogP contribution in [0.2, 0.25) is 30.1 Å². The van der Waals surface area contributed by atoms with Crippen LogP contribution < -0.4 is 0 Å². The number of nitrogens with zero attached hydrogens (tertiary/aromatic N) is 1. The first-order valence-corrected chi connectivity index (χ1v) is 9.01. The van der Waals surface area contributed by atoms with Crippen molar-refractivity contribution < 1.29 is 4.39 Å². The quantitative estimate of drug-likeness (QED) is 0.353. The van der Waals surface area contributed by atoms with Gasteiger partial charge in [0.2, 0.25) is 0 Å². The highest BCUT2D eigenvalue weighted by molar-refractivity contribution is 6.47. The Morgan fingerprint density at radius 1 is 0.680 bits per heavy atom. The lowest BCUT2D eigenvalue weighted by atomic mass is 9.99. The first kappa shape index (κ1) is 19.0. The van der Waals surface area contributed by atoms with E-state index in [-0.39, 0.29) is 30.8 Å². The van der Waals surface area contributed by atoms with Crippen LogP contribution >= 0.6 is 69.6 Å². The van der Waals surface area contributed by atoms with E-state index >= 15 is 0 Å². The van der Waals surface area contributed by atoms with Crippen LogP contribution in [0.25, 0.3) is 22.4 Å². The highest BCUT2D eigenvalue weighted by Crippen LogP contribution is 2.46. The average Bonchev–Trinajstić information content (AvgIpc) is 2.57. The zero-order valence-electron chi connectivity index (χ0n) is 12.1. The first-order chi connectivity index (χ1) is 11.8. The molecule has 1 nitrogen and oxygen atoms in total. The number of hydrogen-bond donors (Lipinski definition) is 0. The van der Waals surface area contributed by atoms with Gasteiger partial charge in [0, 0.05) is 16.7 Å². The Hall–Kier alpha value is -0.740. The largest absolute Gasteiger partial charge is 0.252 e. The molecule has 0 aliphatic heterocycles. The van der Waals surface area contributed by atoms with Crippen molar-refractivity contribution in [3.63, 3.8) is 0 Å². The van der Waals surface area contributed by atoms with Crippen molar-refractivity contribution in [2.24, 2.45) is 0 Å². The fraction of sp³-hybridized carbons (Fsp3) is 0. The Kier molecular flexibility index (Phi) is 5.69. The van der Waals surface area contributed by atoms with Crippen LogP contribution in [-0.4, -0.2) is 4.98 Å². The summed E-state index contributed by atoms with van der Waals surface area (Å²) in [7, 11) is 0. The molecule has 0 fully saturated rings. The Morgan fingerprint density at radius 3 is 1.76 bits per heavy atom. The molecule has 0 bridgehead atoms. The highest BCUT2D eigenvalue weighted by Gasteiger charge is 2.22. The summed E-state index contributed by atoms with van der Waals surface area (Å²) >= 11 is 37.3. The van der Waals surface area contributed by atoms with Crippen molar-refractivity contribution in [1.29, 1.82) is 0 Å². The van der Waals surface area contributed by atoms with Gasteiger partial charge in [-0.3, -0.25) is 4.98 Å². The van der Waals surface area contributed by atoms with Gasteiger partial charge in [-0.15, -0.1) is 0 Å². The Labute approximate surface area is 173 Å². The number of hydrogen-bond acceptors (Lipinski definition) is 1. The summed E-state index contributed by atoms with van der Waals surface area (Å²) in [5.74, 6) is -0.583. The lowest BCUT2D eigenvalue weighted by Gasteiger charge is -2.15. The molecule has 0 aliphatic rings. The number of halogens is 7. The molecule has 0 unspecified atom stereocenters. The summed E-state index contributed by atoms with van der Waals surface area (Å²) < 4.78 is 13.9.